The summed E-state index contributed by atoms with van der Waals surface area (Å²) in [6, 6.07) is 4.43. The van der Waals surface area contributed by atoms with Crippen molar-refractivity contribution in [2.24, 2.45) is 0 Å². The second-order valence-electron chi connectivity index (χ2n) is 2.32. The number of nitrogens with zero attached hydrogens (tertiary/aromatic N) is 2. The van der Waals surface area contributed by atoms with Gasteiger partial charge in [-0.05, 0) is 0 Å². The lowest BCUT2D eigenvalue weighted by Crippen LogP contribution is -1.92. The lowest BCUT2D eigenvalue weighted by molar-refractivity contribution is -0.385. The Kier molecular flexibility index (Phi) is 2.98. The van der Waals surface area contributed by atoms with E-state index >= 15 is 0 Å². The summed E-state index contributed by atoms with van der Waals surface area (Å²) in [7, 11) is 0. The van der Waals surface area contributed by atoms with Gasteiger partial charge in [0.1, 0.15) is 0 Å². The third-order valence-electron chi connectivity index (χ3n) is 1.54. The average molecular weight is 241 g/mol. The van der Waals surface area contributed by atoms with E-state index in [0.29, 0.717) is 10.9 Å². The van der Waals surface area contributed by atoms with E-state index in [1.54, 1.807) is 12.1 Å². The summed E-state index contributed by atoms with van der Waals surface area (Å²) in [6.07, 6.45) is 0. The first kappa shape index (κ1) is 9.68. The third-order valence-corrected chi connectivity index (χ3v) is 2.14. The van der Waals surface area contributed by atoms with Crippen molar-refractivity contribution in [3.8, 4) is 0 Å². The Morgan fingerprint density at radius 2 is 2.31 bits per heavy atom. The van der Waals surface area contributed by atoms with E-state index in [2.05, 4.69) is 20.8 Å². The van der Waals surface area contributed by atoms with Gasteiger partial charge in [0.25, 0.3) is 5.69 Å². The molecule has 5 heteroatoms. The third kappa shape index (κ3) is 2.04. The summed E-state index contributed by atoms with van der Waals surface area (Å²) in [5.41, 5.74) is 0.860. The van der Waals surface area contributed by atoms with Crippen LogP contribution in [0.1, 0.15) is 5.56 Å². The summed E-state index contributed by atoms with van der Waals surface area (Å²) in [5, 5.41) is 10.9. The summed E-state index contributed by atoms with van der Waals surface area (Å²) < 4.78 is 0. The van der Waals surface area contributed by atoms with Crippen molar-refractivity contribution in [3.63, 3.8) is 0 Å². The maximum atomic E-state index is 10.5. The monoisotopic (exact) mass is 240 g/mol. The molecule has 0 fully saturated rings. The molecule has 1 aromatic rings. The number of hydrogen-bond donors (Lipinski definition) is 0. The van der Waals surface area contributed by atoms with Crippen LogP contribution in [0.15, 0.2) is 18.2 Å². The minimum Gasteiger partial charge on any atom is -0.258 e. The lowest BCUT2D eigenvalue weighted by atomic mass is 10.2. The molecule has 66 valence electrons. The van der Waals surface area contributed by atoms with Crippen LogP contribution in [0.2, 0.25) is 0 Å². The zero-order valence-corrected chi connectivity index (χ0v) is 8.11. The zero-order chi connectivity index (χ0) is 9.84. The molecule has 0 aliphatic carbocycles. The number of nitro benzene ring substituents is 1. The number of hydrogen-bond acceptors (Lipinski definition) is 2. The van der Waals surface area contributed by atoms with E-state index < -0.39 is 4.92 Å². The van der Waals surface area contributed by atoms with Crippen LogP contribution in [-0.2, 0) is 5.33 Å². The molecular formula is C8H5BrN2O2. The Morgan fingerprint density at radius 1 is 1.62 bits per heavy atom. The highest BCUT2D eigenvalue weighted by Crippen LogP contribution is 2.26. The molecule has 0 saturated carbocycles. The minimum atomic E-state index is -0.481. The summed E-state index contributed by atoms with van der Waals surface area (Å²) in [5.74, 6) is 0. The minimum absolute atomic E-state index is 0.00891. The van der Waals surface area contributed by atoms with Crippen LogP contribution in [0.4, 0.5) is 11.4 Å². The maximum absolute atomic E-state index is 10.5. The van der Waals surface area contributed by atoms with Gasteiger partial charge in [0.15, 0.2) is 5.69 Å². The number of halogens is 1. The largest absolute Gasteiger partial charge is 0.263 e. The Morgan fingerprint density at radius 3 is 2.77 bits per heavy atom. The molecule has 0 N–H and O–H groups in total. The van der Waals surface area contributed by atoms with E-state index in [-0.39, 0.29) is 11.4 Å². The number of alkyl halides is 1. The SMILES string of the molecule is [C-]#[N+]c1ccc(CBr)c([N+](=O)[O-])c1. The number of benzene rings is 1. The Labute approximate surface area is 83.3 Å². The van der Waals surface area contributed by atoms with Crippen LogP contribution in [-0.4, -0.2) is 4.92 Å². The van der Waals surface area contributed by atoms with Gasteiger partial charge >= 0.3 is 0 Å². The van der Waals surface area contributed by atoms with E-state index in [9.17, 15) is 10.1 Å². The van der Waals surface area contributed by atoms with Gasteiger partial charge in [-0.15, -0.1) is 0 Å². The van der Waals surface area contributed by atoms with Crippen molar-refractivity contribution in [1.82, 2.24) is 0 Å². The fourth-order valence-electron chi connectivity index (χ4n) is 0.905. The van der Waals surface area contributed by atoms with Gasteiger partial charge in [-0.1, -0.05) is 28.1 Å². The molecular weight excluding hydrogens is 236 g/mol. The van der Waals surface area contributed by atoms with Gasteiger partial charge < -0.3 is 0 Å². The van der Waals surface area contributed by atoms with Crippen molar-refractivity contribution >= 4 is 27.3 Å². The highest BCUT2D eigenvalue weighted by atomic mass is 79.9. The highest BCUT2D eigenvalue weighted by Gasteiger charge is 2.12. The maximum Gasteiger partial charge on any atom is 0.263 e. The fourth-order valence-corrected chi connectivity index (χ4v) is 1.38. The normalized spacial score (nSPS) is 9.23. The summed E-state index contributed by atoms with van der Waals surface area (Å²) >= 11 is 3.14. The van der Waals surface area contributed by atoms with Crippen molar-refractivity contribution in [1.29, 1.82) is 0 Å². The molecule has 0 heterocycles. The van der Waals surface area contributed by atoms with Crippen LogP contribution in [0.25, 0.3) is 4.85 Å². The molecule has 0 aliphatic rings. The van der Waals surface area contributed by atoms with Gasteiger partial charge in [-0.2, -0.15) is 0 Å². The van der Waals surface area contributed by atoms with Crippen molar-refractivity contribution in [2.75, 3.05) is 0 Å². The second-order valence-corrected chi connectivity index (χ2v) is 2.88. The molecule has 4 nitrogen and oxygen atoms in total. The standard InChI is InChI=1S/C8H5BrN2O2/c1-10-7-3-2-6(5-9)8(4-7)11(12)13/h2-4H,5H2. The summed E-state index contributed by atoms with van der Waals surface area (Å²) in [6.45, 7) is 6.70. The Bertz CT molecular complexity index is 384. The van der Waals surface area contributed by atoms with Crippen molar-refractivity contribution in [3.05, 3.63) is 45.3 Å². The second kappa shape index (κ2) is 4.01. The Balaban J connectivity index is 3.28. The van der Waals surface area contributed by atoms with Gasteiger partial charge in [0.2, 0.25) is 0 Å². The molecule has 0 spiro atoms. The van der Waals surface area contributed by atoms with Gasteiger partial charge in [-0.25, -0.2) is 4.85 Å². The first-order valence-electron chi connectivity index (χ1n) is 3.39. The molecule has 0 aromatic heterocycles. The topological polar surface area (TPSA) is 47.5 Å². The van der Waals surface area contributed by atoms with Crippen LogP contribution in [0.5, 0.6) is 0 Å². The quantitative estimate of drug-likeness (QED) is 0.345. The first-order valence-corrected chi connectivity index (χ1v) is 4.52. The van der Waals surface area contributed by atoms with Crippen molar-refractivity contribution in [2.45, 2.75) is 5.33 Å². The molecule has 0 unspecified atom stereocenters. The van der Waals surface area contributed by atoms with E-state index in [1.165, 1.54) is 6.07 Å². The molecule has 0 aliphatic heterocycles. The zero-order valence-electron chi connectivity index (χ0n) is 6.53. The van der Waals surface area contributed by atoms with Crippen LogP contribution < -0.4 is 0 Å². The lowest BCUT2D eigenvalue weighted by Gasteiger charge is -1.98. The van der Waals surface area contributed by atoms with Crippen molar-refractivity contribution < 1.29 is 4.92 Å². The van der Waals surface area contributed by atoms with E-state index in [0.717, 1.165) is 0 Å². The molecule has 0 amide bonds. The predicted molar refractivity (Wildman–Crippen MR) is 52.0 cm³/mol. The fraction of sp³-hybridized carbons (Fsp3) is 0.125. The Hall–Kier alpha value is -1.41. The van der Waals surface area contributed by atoms with Crippen LogP contribution in [0.3, 0.4) is 0 Å². The predicted octanol–water partition coefficient (Wildman–Crippen LogP) is 3.04. The molecule has 0 saturated heterocycles. The van der Waals surface area contributed by atoms with Crippen LogP contribution >= 0.6 is 15.9 Å². The van der Waals surface area contributed by atoms with E-state index in [4.69, 9.17) is 6.57 Å². The number of rotatable bonds is 2. The molecule has 1 aromatic carbocycles. The average Bonchev–Trinajstić information content (AvgIpc) is 2.16. The first-order chi connectivity index (χ1) is 6.19. The van der Waals surface area contributed by atoms with Gasteiger partial charge in [0, 0.05) is 17.0 Å². The van der Waals surface area contributed by atoms with E-state index in [1.807, 2.05) is 0 Å². The molecule has 13 heavy (non-hydrogen) atoms. The summed E-state index contributed by atoms with van der Waals surface area (Å²) in [4.78, 5) is 13.2. The molecule has 0 radical (unpaired) electrons. The van der Waals surface area contributed by atoms with Gasteiger partial charge in [0.05, 0.1) is 11.5 Å². The molecule has 0 atom stereocenters. The highest BCUT2D eigenvalue weighted by molar-refractivity contribution is 9.08. The molecule has 1 rings (SSSR count). The van der Waals surface area contributed by atoms with Crippen LogP contribution in [0, 0.1) is 16.7 Å². The smallest absolute Gasteiger partial charge is 0.258 e. The number of nitro groups is 1. The molecule has 0 bridgehead atoms. The van der Waals surface area contributed by atoms with Gasteiger partial charge in [-0.3, -0.25) is 10.1 Å².